The van der Waals surface area contributed by atoms with E-state index in [4.69, 9.17) is 0 Å². The summed E-state index contributed by atoms with van der Waals surface area (Å²) in [6.45, 7) is 0. The van der Waals surface area contributed by atoms with Crippen molar-refractivity contribution >= 4 is 0 Å². The Bertz CT molecular complexity index is 163. The second kappa shape index (κ2) is 2.02. The van der Waals surface area contributed by atoms with E-state index in [0.717, 1.165) is 5.92 Å². The van der Waals surface area contributed by atoms with Crippen LogP contribution in [0.25, 0.3) is 0 Å². The average molecular weight is 120 g/mol. The average Bonchev–Trinajstić information content (AvgIpc) is 1.88. The molecule has 1 atom stereocenters. The van der Waals surface area contributed by atoms with Crippen LogP contribution in [0.5, 0.6) is 0 Å². The third kappa shape index (κ3) is 0.937. The Labute approximate surface area is 56.3 Å². The van der Waals surface area contributed by atoms with Crippen molar-refractivity contribution in [2.45, 2.75) is 25.7 Å². The van der Waals surface area contributed by atoms with Crippen molar-refractivity contribution < 1.29 is 0 Å². The molecule has 0 amide bonds. The van der Waals surface area contributed by atoms with Gasteiger partial charge in [-0.3, -0.25) is 0 Å². The van der Waals surface area contributed by atoms with Gasteiger partial charge in [0.1, 0.15) is 0 Å². The van der Waals surface area contributed by atoms with Crippen molar-refractivity contribution in [3.63, 3.8) is 0 Å². The Morgan fingerprint density at radius 2 is 2.44 bits per heavy atom. The van der Waals surface area contributed by atoms with E-state index >= 15 is 0 Å². The van der Waals surface area contributed by atoms with Crippen LogP contribution < -0.4 is 0 Å². The van der Waals surface area contributed by atoms with Crippen LogP contribution in [0.1, 0.15) is 25.7 Å². The molecule has 1 unspecified atom stereocenters. The number of allylic oxidation sites excluding steroid dienone is 4. The van der Waals surface area contributed by atoms with Gasteiger partial charge < -0.3 is 0 Å². The highest BCUT2D eigenvalue weighted by Gasteiger charge is 2.15. The van der Waals surface area contributed by atoms with Gasteiger partial charge >= 0.3 is 0 Å². The smallest absolute Gasteiger partial charge is 0.0251 e. The molecule has 9 heavy (non-hydrogen) atoms. The lowest BCUT2D eigenvalue weighted by atomic mass is 9.83. The van der Waals surface area contributed by atoms with Gasteiger partial charge in [-0.25, -0.2) is 0 Å². The van der Waals surface area contributed by atoms with Crippen molar-refractivity contribution in [2.24, 2.45) is 5.92 Å². The first-order valence-electron chi connectivity index (χ1n) is 3.81. The maximum Gasteiger partial charge on any atom is -0.0251 e. The third-order valence-electron chi connectivity index (χ3n) is 2.31. The number of rotatable bonds is 0. The van der Waals surface area contributed by atoms with Crippen LogP contribution in [0.2, 0.25) is 0 Å². The van der Waals surface area contributed by atoms with Gasteiger partial charge in [0, 0.05) is 0 Å². The molecule has 0 aliphatic heterocycles. The molecular formula is C9H12. The summed E-state index contributed by atoms with van der Waals surface area (Å²) in [5.41, 5.74) is 1.58. The molecule has 0 saturated carbocycles. The van der Waals surface area contributed by atoms with Gasteiger partial charge in [0.25, 0.3) is 0 Å². The fourth-order valence-corrected chi connectivity index (χ4v) is 1.77. The molecule has 0 nitrogen and oxygen atoms in total. The Balaban J connectivity index is 2.26. The van der Waals surface area contributed by atoms with Gasteiger partial charge in [-0.15, -0.1) is 0 Å². The zero-order chi connectivity index (χ0) is 6.10. The van der Waals surface area contributed by atoms with Crippen LogP contribution in [0.4, 0.5) is 0 Å². The lowest BCUT2D eigenvalue weighted by Crippen LogP contribution is -2.07. The Morgan fingerprint density at radius 3 is 3.22 bits per heavy atom. The second-order valence-electron chi connectivity index (χ2n) is 3.06. The van der Waals surface area contributed by atoms with Gasteiger partial charge in [-0.1, -0.05) is 23.8 Å². The first kappa shape index (κ1) is 5.28. The van der Waals surface area contributed by atoms with E-state index in [9.17, 15) is 0 Å². The molecule has 0 aromatic carbocycles. The zero-order valence-electron chi connectivity index (χ0n) is 5.64. The number of hydrogen-bond acceptors (Lipinski definition) is 0. The lowest BCUT2D eigenvalue weighted by molar-refractivity contribution is 0.466. The molecule has 0 fully saturated rings. The molecule has 0 N–H and O–H groups in total. The molecule has 2 bridgehead atoms. The van der Waals surface area contributed by atoms with E-state index in [1.807, 2.05) is 0 Å². The molecule has 0 aromatic heterocycles. The molecule has 0 radical (unpaired) electrons. The van der Waals surface area contributed by atoms with Gasteiger partial charge in [0.15, 0.2) is 0 Å². The number of fused-ring (bicyclic) bond motifs is 2. The van der Waals surface area contributed by atoms with Crippen molar-refractivity contribution in [1.82, 2.24) is 0 Å². The quantitative estimate of drug-likeness (QED) is 0.461. The normalized spacial score (nSPS) is 32.0. The van der Waals surface area contributed by atoms with Gasteiger partial charge in [0.05, 0.1) is 0 Å². The fraction of sp³-hybridized carbons (Fsp3) is 0.556. The van der Waals surface area contributed by atoms with Crippen molar-refractivity contribution in [3.8, 4) is 0 Å². The lowest BCUT2D eigenvalue weighted by Gasteiger charge is -2.23. The minimum Gasteiger partial charge on any atom is -0.0840 e. The highest BCUT2D eigenvalue weighted by atomic mass is 14.2. The van der Waals surface area contributed by atoms with E-state index in [1.165, 1.54) is 25.7 Å². The zero-order valence-corrected chi connectivity index (χ0v) is 5.64. The molecule has 0 aromatic rings. The summed E-state index contributed by atoms with van der Waals surface area (Å²) >= 11 is 0. The third-order valence-corrected chi connectivity index (χ3v) is 2.31. The van der Waals surface area contributed by atoms with E-state index < -0.39 is 0 Å². The highest BCUT2D eigenvalue weighted by Crippen LogP contribution is 2.31. The van der Waals surface area contributed by atoms with Crippen LogP contribution >= 0.6 is 0 Å². The Morgan fingerprint density at radius 1 is 1.44 bits per heavy atom. The summed E-state index contributed by atoms with van der Waals surface area (Å²) in [6.07, 6.45) is 12.4. The summed E-state index contributed by atoms with van der Waals surface area (Å²) < 4.78 is 0. The van der Waals surface area contributed by atoms with E-state index in [2.05, 4.69) is 18.2 Å². The second-order valence-corrected chi connectivity index (χ2v) is 3.06. The molecule has 0 spiro atoms. The first-order valence-corrected chi connectivity index (χ1v) is 3.81. The predicted molar refractivity (Wildman–Crippen MR) is 39.2 cm³/mol. The molecule has 0 heteroatoms. The summed E-state index contributed by atoms with van der Waals surface area (Å²) in [5, 5.41) is 0. The Kier molecular flexibility index (Phi) is 1.18. The molecule has 2 rings (SSSR count). The largest absolute Gasteiger partial charge is 0.0840 e. The topological polar surface area (TPSA) is 0 Å². The standard InChI is InChI=1S/C9H12/c1-3-8-5-2-6-9(4-1)7-8/h1,3,5,9H,2,4,6-7H2. The SMILES string of the molecule is C1=CC2=CCCC(C1)C2. The summed E-state index contributed by atoms with van der Waals surface area (Å²) in [4.78, 5) is 0. The van der Waals surface area contributed by atoms with Gasteiger partial charge in [-0.2, -0.15) is 0 Å². The van der Waals surface area contributed by atoms with Crippen LogP contribution in [-0.2, 0) is 0 Å². The summed E-state index contributed by atoms with van der Waals surface area (Å²) in [6, 6.07) is 0. The van der Waals surface area contributed by atoms with Gasteiger partial charge in [0.2, 0.25) is 0 Å². The van der Waals surface area contributed by atoms with Crippen LogP contribution in [0.15, 0.2) is 23.8 Å². The van der Waals surface area contributed by atoms with Crippen LogP contribution in [-0.4, -0.2) is 0 Å². The summed E-state index contributed by atoms with van der Waals surface area (Å²) in [7, 11) is 0. The molecular weight excluding hydrogens is 108 g/mol. The molecule has 48 valence electrons. The van der Waals surface area contributed by atoms with E-state index in [-0.39, 0.29) is 0 Å². The maximum absolute atomic E-state index is 2.38. The van der Waals surface area contributed by atoms with Crippen LogP contribution in [0.3, 0.4) is 0 Å². The van der Waals surface area contributed by atoms with E-state index in [0.29, 0.717) is 0 Å². The van der Waals surface area contributed by atoms with Crippen molar-refractivity contribution in [2.75, 3.05) is 0 Å². The Hall–Kier alpha value is -0.520. The fourth-order valence-electron chi connectivity index (χ4n) is 1.77. The highest BCUT2D eigenvalue weighted by molar-refractivity contribution is 5.24. The number of hydrogen-bond donors (Lipinski definition) is 0. The van der Waals surface area contributed by atoms with E-state index in [1.54, 1.807) is 5.57 Å². The monoisotopic (exact) mass is 120 g/mol. The van der Waals surface area contributed by atoms with Crippen LogP contribution in [0, 0.1) is 5.92 Å². The molecule has 0 saturated heterocycles. The predicted octanol–water partition coefficient (Wildman–Crippen LogP) is 2.67. The van der Waals surface area contributed by atoms with Crippen molar-refractivity contribution in [1.29, 1.82) is 0 Å². The summed E-state index contributed by atoms with van der Waals surface area (Å²) in [5.74, 6) is 0.995. The first-order chi connectivity index (χ1) is 4.45. The van der Waals surface area contributed by atoms with Crippen molar-refractivity contribution in [3.05, 3.63) is 23.8 Å². The molecule has 2 aliphatic carbocycles. The molecule has 2 aliphatic rings. The molecule has 0 heterocycles. The maximum atomic E-state index is 2.38. The minimum atomic E-state index is 0.995. The van der Waals surface area contributed by atoms with Gasteiger partial charge in [-0.05, 0) is 31.6 Å². The minimum absolute atomic E-state index is 0.995.